The van der Waals surface area contributed by atoms with E-state index in [4.69, 9.17) is 25.8 Å². The van der Waals surface area contributed by atoms with Crippen molar-refractivity contribution in [3.05, 3.63) is 44.6 Å². The number of rotatable bonds is 6. The summed E-state index contributed by atoms with van der Waals surface area (Å²) in [4.78, 5) is 24.5. The Labute approximate surface area is 142 Å². The summed E-state index contributed by atoms with van der Waals surface area (Å²) < 4.78 is 16.0. The second-order valence-electron chi connectivity index (χ2n) is 4.61. The van der Waals surface area contributed by atoms with Crippen LogP contribution < -0.4 is 9.47 Å². The lowest BCUT2D eigenvalue weighted by atomic mass is 10.1. The van der Waals surface area contributed by atoms with Crippen LogP contribution in [-0.2, 0) is 4.74 Å². The molecule has 0 saturated heterocycles. The maximum atomic E-state index is 12.1. The lowest BCUT2D eigenvalue weighted by molar-refractivity contribution is 0.0475. The maximum Gasteiger partial charge on any atom is 0.338 e. The summed E-state index contributed by atoms with van der Waals surface area (Å²) in [7, 11) is 3.00. The standard InChI is InChI=1S/C16H15ClO5S/c1-9-12(20-2)6-10(7-13(9)21-3)16(19)22-8-11(18)14-4-5-15(17)23-14/h4-7H,8H2,1-3H3. The third kappa shape index (κ3) is 4.03. The first-order chi connectivity index (χ1) is 11.0. The molecule has 0 unspecified atom stereocenters. The highest BCUT2D eigenvalue weighted by Gasteiger charge is 2.17. The molecule has 0 spiro atoms. The van der Waals surface area contributed by atoms with E-state index in [0.29, 0.717) is 20.7 Å². The molecule has 23 heavy (non-hydrogen) atoms. The average Bonchev–Trinajstić information content (AvgIpc) is 2.99. The van der Waals surface area contributed by atoms with E-state index in [1.54, 1.807) is 24.3 Å². The van der Waals surface area contributed by atoms with Gasteiger partial charge >= 0.3 is 5.97 Å². The second kappa shape index (κ2) is 7.48. The maximum absolute atomic E-state index is 12.1. The van der Waals surface area contributed by atoms with Crippen LogP contribution in [0.1, 0.15) is 25.6 Å². The molecule has 0 bridgehead atoms. The summed E-state index contributed by atoms with van der Waals surface area (Å²) in [6.45, 7) is 1.46. The molecule has 0 aliphatic heterocycles. The number of hydrogen-bond donors (Lipinski definition) is 0. The first kappa shape index (κ1) is 17.3. The van der Waals surface area contributed by atoms with E-state index in [2.05, 4.69) is 0 Å². The molecule has 0 atom stereocenters. The van der Waals surface area contributed by atoms with Crippen LogP contribution in [0, 0.1) is 6.92 Å². The van der Waals surface area contributed by atoms with Gasteiger partial charge in [0, 0.05) is 5.56 Å². The van der Waals surface area contributed by atoms with E-state index in [1.807, 2.05) is 6.92 Å². The van der Waals surface area contributed by atoms with Crippen LogP contribution >= 0.6 is 22.9 Å². The Kier molecular flexibility index (Phi) is 5.63. The van der Waals surface area contributed by atoms with Crippen molar-refractivity contribution in [2.45, 2.75) is 6.92 Å². The number of Topliss-reactive ketones (excluding diaryl/α,β-unsaturated/α-hetero) is 1. The van der Waals surface area contributed by atoms with Crippen LogP contribution in [0.15, 0.2) is 24.3 Å². The zero-order valence-corrected chi connectivity index (χ0v) is 14.4. The lowest BCUT2D eigenvalue weighted by Gasteiger charge is -2.12. The van der Waals surface area contributed by atoms with Crippen molar-refractivity contribution in [1.82, 2.24) is 0 Å². The summed E-state index contributed by atoms with van der Waals surface area (Å²) in [5.74, 6) is 0.0826. The molecule has 0 aliphatic rings. The van der Waals surface area contributed by atoms with Crippen LogP contribution in [0.2, 0.25) is 4.34 Å². The van der Waals surface area contributed by atoms with E-state index >= 15 is 0 Å². The van der Waals surface area contributed by atoms with Gasteiger partial charge in [-0.15, -0.1) is 11.3 Å². The molecule has 122 valence electrons. The zero-order valence-electron chi connectivity index (χ0n) is 12.8. The molecule has 1 aromatic heterocycles. The van der Waals surface area contributed by atoms with Crippen molar-refractivity contribution in [3.63, 3.8) is 0 Å². The quantitative estimate of drug-likeness (QED) is 0.583. The minimum absolute atomic E-state index is 0.251. The fraction of sp³-hybridized carbons (Fsp3) is 0.250. The minimum atomic E-state index is -0.627. The van der Waals surface area contributed by atoms with Crippen molar-refractivity contribution < 1.29 is 23.8 Å². The van der Waals surface area contributed by atoms with Gasteiger partial charge in [0.2, 0.25) is 5.78 Å². The smallest absolute Gasteiger partial charge is 0.338 e. The van der Waals surface area contributed by atoms with Crippen LogP contribution in [0.25, 0.3) is 0 Å². The van der Waals surface area contributed by atoms with Gasteiger partial charge < -0.3 is 14.2 Å². The Balaban J connectivity index is 2.10. The lowest BCUT2D eigenvalue weighted by Crippen LogP contribution is -2.13. The van der Waals surface area contributed by atoms with Gasteiger partial charge in [0.05, 0.1) is 29.0 Å². The van der Waals surface area contributed by atoms with Crippen molar-refractivity contribution in [2.75, 3.05) is 20.8 Å². The molecule has 0 fully saturated rings. The molecule has 1 heterocycles. The molecule has 0 saturated carbocycles. The normalized spacial score (nSPS) is 10.3. The zero-order chi connectivity index (χ0) is 17.0. The van der Waals surface area contributed by atoms with Crippen molar-refractivity contribution >= 4 is 34.7 Å². The van der Waals surface area contributed by atoms with Crippen LogP contribution in [-0.4, -0.2) is 32.6 Å². The SMILES string of the molecule is COc1cc(C(=O)OCC(=O)c2ccc(Cl)s2)cc(OC)c1C. The van der Waals surface area contributed by atoms with Gasteiger partial charge in [0.25, 0.3) is 0 Å². The molecule has 2 rings (SSSR count). The van der Waals surface area contributed by atoms with Crippen LogP contribution in [0.5, 0.6) is 11.5 Å². The van der Waals surface area contributed by atoms with Gasteiger partial charge in [0.1, 0.15) is 11.5 Å². The number of ether oxygens (including phenoxy) is 3. The van der Waals surface area contributed by atoms with Gasteiger partial charge in [-0.05, 0) is 31.2 Å². The number of methoxy groups -OCH3 is 2. The highest BCUT2D eigenvalue weighted by molar-refractivity contribution is 7.18. The minimum Gasteiger partial charge on any atom is -0.496 e. The number of benzene rings is 1. The number of esters is 1. The first-order valence-corrected chi connectivity index (χ1v) is 7.84. The number of hydrogen-bond acceptors (Lipinski definition) is 6. The van der Waals surface area contributed by atoms with Crippen molar-refractivity contribution in [2.24, 2.45) is 0 Å². The van der Waals surface area contributed by atoms with Gasteiger partial charge in [-0.3, -0.25) is 4.79 Å². The molecule has 0 radical (unpaired) electrons. The van der Waals surface area contributed by atoms with Gasteiger partial charge in [0.15, 0.2) is 6.61 Å². The molecule has 0 amide bonds. The summed E-state index contributed by atoms with van der Waals surface area (Å²) in [6.07, 6.45) is 0. The molecular weight excluding hydrogens is 340 g/mol. The number of carbonyl (C=O) groups excluding carboxylic acids is 2. The Morgan fingerprint density at radius 1 is 1.13 bits per heavy atom. The first-order valence-electron chi connectivity index (χ1n) is 6.64. The highest BCUT2D eigenvalue weighted by Crippen LogP contribution is 2.29. The van der Waals surface area contributed by atoms with E-state index in [9.17, 15) is 9.59 Å². The molecule has 2 aromatic rings. The van der Waals surface area contributed by atoms with Gasteiger partial charge in [-0.2, -0.15) is 0 Å². The number of ketones is 1. The predicted octanol–water partition coefficient (Wildman–Crippen LogP) is 3.77. The number of halogens is 1. The van der Waals surface area contributed by atoms with Crippen molar-refractivity contribution in [3.8, 4) is 11.5 Å². The molecule has 0 aliphatic carbocycles. The molecule has 7 heteroatoms. The van der Waals surface area contributed by atoms with E-state index in [-0.39, 0.29) is 18.0 Å². The van der Waals surface area contributed by atoms with Gasteiger partial charge in [-0.25, -0.2) is 4.79 Å². The summed E-state index contributed by atoms with van der Waals surface area (Å²) in [5, 5.41) is 0. The molecule has 1 aromatic carbocycles. The third-order valence-electron chi connectivity index (χ3n) is 3.17. The Morgan fingerprint density at radius 3 is 2.22 bits per heavy atom. The van der Waals surface area contributed by atoms with Gasteiger partial charge in [-0.1, -0.05) is 11.6 Å². The third-order valence-corrected chi connectivity index (χ3v) is 4.44. The van der Waals surface area contributed by atoms with Crippen LogP contribution in [0.4, 0.5) is 0 Å². The van der Waals surface area contributed by atoms with Crippen LogP contribution in [0.3, 0.4) is 0 Å². The Bertz CT molecular complexity index is 713. The van der Waals surface area contributed by atoms with Crippen molar-refractivity contribution in [1.29, 1.82) is 0 Å². The fourth-order valence-electron chi connectivity index (χ4n) is 1.95. The molecule has 0 N–H and O–H groups in total. The molecule has 5 nitrogen and oxygen atoms in total. The fourth-order valence-corrected chi connectivity index (χ4v) is 2.92. The molecular formula is C16H15ClO5S. The second-order valence-corrected chi connectivity index (χ2v) is 6.32. The summed E-state index contributed by atoms with van der Waals surface area (Å²) in [6, 6.07) is 6.32. The summed E-state index contributed by atoms with van der Waals surface area (Å²) >= 11 is 6.92. The Hall–Kier alpha value is -2.05. The highest BCUT2D eigenvalue weighted by atomic mass is 35.5. The van der Waals surface area contributed by atoms with E-state index in [0.717, 1.165) is 16.9 Å². The Morgan fingerprint density at radius 2 is 1.74 bits per heavy atom. The predicted molar refractivity (Wildman–Crippen MR) is 88.2 cm³/mol. The summed E-state index contributed by atoms with van der Waals surface area (Å²) in [5.41, 5.74) is 1.03. The topological polar surface area (TPSA) is 61.8 Å². The monoisotopic (exact) mass is 354 g/mol. The van der Waals surface area contributed by atoms with E-state index in [1.165, 1.54) is 14.2 Å². The number of thiophene rings is 1. The largest absolute Gasteiger partial charge is 0.496 e. The average molecular weight is 355 g/mol. The number of carbonyl (C=O) groups is 2. The van der Waals surface area contributed by atoms with E-state index < -0.39 is 5.97 Å².